The Labute approximate surface area is 123 Å². The number of benzene rings is 1. The maximum atomic E-state index is 11.6. The summed E-state index contributed by atoms with van der Waals surface area (Å²) in [4.78, 5) is 11.6. The van der Waals surface area contributed by atoms with Gasteiger partial charge in [-0.25, -0.2) is 4.79 Å². The van der Waals surface area contributed by atoms with E-state index in [-0.39, 0.29) is 6.03 Å². The number of carbonyl (C=O) groups is 1. The number of anilines is 1. The summed E-state index contributed by atoms with van der Waals surface area (Å²) in [5.74, 6) is 1.86. The number of ether oxygens (including phenoxy) is 1. The number of amides is 2. The third kappa shape index (κ3) is 4.52. The Bertz CT molecular complexity index is 622. The van der Waals surface area contributed by atoms with Gasteiger partial charge in [0, 0.05) is 6.07 Å². The third-order valence-corrected chi connectivity index (χ3v) is 2.85. The number of rotatable bonds is 5. The van der Waals surface area contributed by atoms with Crippen molar-refractivity contribution in [2.24, 2.45) is 0 Å². The van der Waals surface area contributed by atoms with Crippen LogP contribution in [0, 0.1) is 20.8 Å². The average molecular weight is 289 g/mol. The van der Waals surface area contributed by atoms with Crippen molar-refractivity contribution in [2.45, 2.75) is 20.8 Å². The largest absolute Gasteiger partial charge is 0.491 e. The van der Waals surface area contributed by atoms with Crippen molar-refractivity contribution in [1.29, 1.82) is 0 Å². The minimum absolute atomic E-state index is 0.340. The van der Waals surface area contributed by atoms with Crippen LogP contribution in [0.15, 0.2) is 28.8 Å². The van der Waals surface area contributed by atoms with E-state index in [4.69, 9.17) is 9.26 Å². The van der Waals surface area contributed by atoms with E-state index in [9.17, 15) is 4.79 Å². The molecule has 0 saturated heterocycles. The molecule has 0 spiro atoms. The molecule has 0 saturated carbocycles. The van der Waals surface area contributed by atoms with E-state index in [1.165, 1.54) is 5.56 Å². The van der Waals surface area contributed by atoms with E-state index in [1.807, 2.05) is 26.0 Å². The molecule has 0 radical (unpaired) electrons. The monoisotopic (exact) mass is 289 g/mol. The van der Waals surface area contributed by atoms with Crippen molar-refractivity contribution in [3.8, 4) is 5.75 Å². The fourth-order valence-electron chi connectivity index (χ4n) is 1.87. The molecule has 0 aliphatic carbocycles. The van der Waals surface area contributed by atoms with E-state index in [2.05, 4.69) is 21.9 Å². The first-order chi connectivity index (χ1) is 10.0. The molecule has 21 heavy (non-hydrogen) atoms. The van der Waals surface area contributed by atoms with Crippen molar-refractivity contribution in [3.05, 3.63) is 41.2 Å². The summed E-state index contributed by atoms with van der Waals surface area (Å²) in [6.45, 7) is 6.59. The smallest absolute Gasteiger partial charge is 0.320 e. The number of hydrogen-bond donors (Lipinski definition) is 2. The van der Waals surface area contributed by atoms with E-state index in [1.54, 1.807) is 13.0 Å². The Morgan fingerprint density at radius 1 is 1.29 bits per heavy atom. The van der Waals surface area contributed by atoms with Crippen LogP contribution < -0.4 is 15.4 Å². The number of nitrogens with one attached hydrogen (secondary N) is 2. The molecule has 1 aromatic heterocycles. The number of urea groups is 1. The van der Waals surface area contributed by atoms with Gasteiger partial charge >= 0.3 is 6.03 Å². The quantitative estimate of drug-likeness (QED) is 0.830. The normalized spacial score (nSPS) is 10.2. The summed E-state index contributed by atoms with van der Waals surface area (Å²) >= 11 is 0. The molecule has 0 aliphatic rings. The summed E-state index contributed by atoms with van der Waals surface area (Å²) in [6.07, 6.45) is 0. The van der Waals surface area contributed by atoms with Gasteiger partial charge in [-0.05, 0) is 32.4 Å². The Morgan fingerprint density at radius 3 is 2.76 bits per heavy atom. The predicted molar refractivity (Wildman–Crippen MR) is 79.7 cm³/mol. The number of aromatic nitrogens is 1. The highest BCUT2D eigenvalue weighted by molar-refractivity contribution is 5.88. The fourth-order valence-corrected chi connectivity index (χ4v) is 1.87. The molecule has 0 bridgehead atoms. The first-order valence-corrected chi connectivity index (χ1v) is 6.73. The highest BCUT2D eigenvalue weighted by Gasteiger charge is 2.05. The molecule has 1 aromatic carbocycles. The van der Waals surface area contributed by atoms with Crippen LogP contribution in [0.1, 0.15) is 16.9 Å². The van der Waals surface area contributed by atoms with Gasteiger partial charge < -0.3 is 14.6 Å². The second-order valence-electron chi connectivity index (χ2n) is 4.82. The molecule has 112 valence electrons. The van der Waals surface area contributed by atoms with E-state index >= 15 is 0 Å². The zero-order valence-electron chi connectivity index (χ0n) is 12.4. The molecule has 2 aromatic rings. The Balaban J connectivity index is 1.70. The minimum Gasteiger partial charge on any atom is -0.491 e. The molecule has 0 atom stereocenters. The van der Waals surface area contributed by atoms with Crippen LogP contribution in [0.2, 0.25) is 0 Å². The third-order valence-electron chi connectivity index (χ3n) is 2.85. The lowest BCUT2D eigenvalue weighted by molar-refractivity contribution is 0.247. The minimum atomic E-state index is -0.340. The van der Waals surface area contributed by atoms with Crippen molar-refractivity contribution in [1.82, 2.24) is 10.5 Å². The zero-order chi connectivity index (χ0) is 15.2. The lowest BCUT2D eigenvalue weighted by atomic mass is 10.1. The van der Waals surface area contributed by atoms with Gasteiger partial charge in [0.2, 0.25) is 0 Å². The molecule has 6 nitrogen and oxygen atoms in total. The first-order valence-electron chi connectivity index (χ1n) is 6.73. The van der Waals surface area contributed by atoms with Gasteiger partial charge in [0.1, 0.15) is 18.1 Å². The topological polar surface area (TPSA) is 76.4 Å². The highest BCUT2D eigenvalue weighted by atomic mass is 16.5. The van der Waals surface area contributed by atoms with Crippen LogP contribution in [0.4, 0.5) is 10.6 Å². The molecule has 1 heterocycles. The van der Waals surface area contributed by atoms with Crippen LogP contribution in [0.25, 0.3) is 0 Å². The lowest BCUT2D eigenvalue weighted by Gasteiger charge is -2.10. The molecule has 6 heteroatoms. The SMILES string of the molecule is Cc1ccc(OCCNC(=O)Nc2cc(C)on2)c(C)c1. The predicted octanol–water partition coefficient (Wildman–Crippen LogP) is 2.80. The van der Waals surface area contributed by atoms with Crippen molar-refractivity contribution >= 4 is 11.8 Å². The molecule has 2 amide bonds. The Morgan fingerprint density at radius 2 is 2.10 bits per heavy atom. The summed E-state index contributed by atoms with van der Waals surface area (Å²) < 4.78 is 10.5. The molecule has 0 unspecified atom stereocenters. The van der Waals surface area contributed by atoms with Crippen LogP contribution >= 0.6 is 0 Å². The fraction of sp³-hybridized carbons (Fsp3) is 0.333. The van der Waals surface area contributed by atoms with Gasteiger partial charge in [-0.15, -0.1) is 0 Å². The second kappa shape index (κ2) is 6.78. The molecule has 2 N–H and O–H groups in total. The van der Waals surface area contributed by atoms with E-state index in [0.29, 0.717) is 24.7 Å². The van der Waals surface area contributed by atoms with E-state index in [0.717, 1.165) is 11.3 Å². The molecule has 0 aliphatic heterocycles. The highest BCUT2D eigenvalue weighted by Crippen LogP contribution is 2.18. The Kier molecular flexibility index (Phi) is 4.81. The van der Waals surface area contributed by atoms with Crippen molar-refractivity contribution in [2.75, 3.05) is 18.5 Å². The molecule has 0 fully saturated rings. The molecular formula is C15H19N3O3. The van der Waals surface area contributed by atoms with Crippen LogP contribution in [0.5, 0.6) is 5.75 Å². The van der Waals surface area contributed by atoms with Gasteiger partial charge in [0.05, 0.1) is 6.54 Å². The van der Waals surface area contributed by atoms with Crippen LogP contribution in [0.3, 0.4) is 0 Å². The van der Waals surface area contributed by atoms with Crippen LogP contribution in [-0.4, -0.2) is 24.3 Å². The summed E-state index contributed by atoms with van der Waals surface area (Å²) in [5, 5.41) is 8.93. The number of hydrogen-bond acceptors (Lipinski definition) is 4. The van der Waals surface area contributed by atoms with E-state index < -0.39 is 0 Å². The summed E-state index contributed by atoms with van der Waals surface area (Å²) in [5.41, 5.74) is 2.28. The standard InChI is InChI=1S/C15H19N3O3/c1-10-4-5-13(11(2)8-10)20-7-6-16-15(19)17-14-9-12(3)21-18-14/h4-5,8-9H,6-7H2,1-3H3,(H2,16,17,18,19). The van der Waals surface area contributed by atoms with Gasteiger partial charge in [-0.2, -0.15) is 0 Å². The number of carbonyl (C=O) groups excluding carboxylic acids is 1. The number of nitrogens with zero attached hydrogens (tertiary/aromatic N) is 1. The van der Waals surface area contributed by atoms with Crippen molar-refractivity contribution < 1.29 is 14.1 Å². The summed E-state index contributed by atoms with van der Waals surface area (Å²) in [6, 6.07) is 7.29. The van der Waals surface area contributed by atoms with Gasteiger partial charge in [0.25, 0.3) is 0 Å². The lowest BCUT2D eigenvalue weighted by Crippen LogP contribution is -2.32. The summed E-state index contributed by atoms with van der Waals surface area (Å²) in [7, 11) is 0. The maximum absolute atomic E-state index is 11.6. The Hall–Kier alpha value is -2.50. The van der Waals surface area contributed by atoms with Gasteiger partial charge in [-0.3, -0.25) is 5.32 Å². The first kappa shape index (κ1) is 14.9. The second-order valence-corrected chi connectivity index (χ2v) is 4.82. The van der Waals surface area contributed by atoms with Gasteiger partial charge in [0.15, 0.2) is 5.82 Å². The number of aryl methyl sites for hydroxylation is 3. The molecular weight excluding hydrogens is 270 g/mol. The maximum Gasteiger partial charge on any atom is 0.320 e. The average Bonchev–Trinajstić information content (AvgIpc) is 2.82. The molecule has 2 rings (SSSR count). The van der Waals surface area contributed by atoms with Crippen LogP contribution in [-0.2, 0) is 0 Å². The van der Waals surface area contributed by atoms with Gasteiger partial charge in [-0.1, -0.05) is 22.9 Å². The van der Waals surface area contributed by atoms with Crippen molar-refractivity contribution in [3.63, 3.8) is 0 Å². The zero-order valence-corrected chi connectivity index (χ0v) is 12.4.